The third kappa shape index (κ3) is 3.43. The molecule has 1 N–H and O–H groups in total. The summed E-state index contributed by atoms with van der Waals surface area (Å²) >= 11 is 0. The fraction of sp³-hybridized carbons (Fsp3) is 0.192. The van der Waals surface area contributed by atoms with Gasteiger partial charge in [-0.25, -0.2) is 0 Å². The van der Waals surface area contributed by atoms with Crippen molar-refractivity contribution in [3.05, 3.63) is 112 Å². The van der Waals surface area contributed by atoms with Crippen molar-refractivity contribution in [2.45, 2.75) is 18.4 Å². The van der Waals surface area contributed by atoms with Crippen molar-refractivity contribution in [2.75, 3.05) is 17.3 Å². The Morgan fingerprint density at radius 2 is 1.88 bits per heavy atom. The van der Waals surface area contributed by atoms with E-state index < -0.39 is 0 Å². The highest BCUT2D eigenvalue weighted by Gasteiger charge is 2.38. The lowest BCUT2D eigenvalue weighted by Crippen LogP contribution is -2.30. The second-order valence-corrected chi connectivity index (χ2v) is 8.33. The standard InChI is InChI=1S/C26H23N3O3/c1-28(19-8-3-2-4-9-19)26(30)18-13-14-24-23(16-18)21-11-6-12-22(21)25(27-24)17-7-5-10-20(15-17)29(31)32/h2-11,13-16,21-22,25,27H,12H2,1H3. The third-order valence-electron chi connectivity index (χ3n) is 6.50. The van der Waals surface area contributed by atoms with Crippen LogP contribution in [0.2, 0.25) is 0 Å². The molecule has 0 saturated heterocycles. The lowest BCUT2D eigenvalue weighted by atomic mass is 9.76. The third-order valence-corrected chi connectivity index (χ3v) is 6.50. The fourth-order valence-corrected chi connectivity index (χ4v) is 4.85. The van der Waals surface area contributed by atoms with Gasteiger partial charge in [0, 0.05) is 42.0 Å². The predicted molar refractivity (Wildman–Crippen MR) is 125 cm³/mol. The summed E-state index contributed by atoms with van der Waals surface area (Å²) in [6, 6.07) is 22.2. The Morgan fingerprint density at radius 3 is 2.66 bits per heavy atom. The van der Waals surface area contributed by atoms with Crippen molar-refractivity contribution in [3.63, 3.8) is 0 Å². The van der Waals surface area contributed by atoms with Gasteiger partial charge in [0.25, 0.3) is 11.6 Å². The molecule has 1 heterocycles. The summed E-state index contributed by atoms with van der Waals surface area (Å²) in [6.07, 6.45) is 5.25. The van der Waals surface area contributed by atoms with Crippen LogP contribution in [0.4, 0.5) is 17.1 Å². The summed E-state index contributed by atoms with van der Waals surface area (Å²) in [7, 11) is 1.78. The SMILES string of the molecule is CN(C(=O)c1ccc2c(c1)C1C=CCC1C(c1cccc([N+](=O)[O-])c1)N2)c1ccccc1. The van der Waals surface area contributed by atoms with E-state index in [1.807, 2.05) is 54.6 Å². The number of hydrogen-bond donors (Lipinski definition) is 1. The van der Waals surface area contributed by atoms with Gasteiger partial charge in [0.1, 0.15) is 0 Å². The number of nitrogens with zero attached hydrogens (tertiary/aromatic N) is 2. The van der Waals surface area contributed by atoms with Crippen LogP contribution in [-0.2, 0) is 0 Å². The van der Waals surface area contributed by atoms with Crippen molar-refractivity contribution in [3.8, 4) is 0 Å². The average Bonchev–Trinajstić information content (AvgIpc) is 3.33. The molecule has 0 saturated carbocycles. The number of nitro benzene ring substituents is 1. The number of hydrogen-bond acceptors (Lipinski definition) is 4. The van der Waals surface area contributed by atoms with E-state index in [2.05, 4.69) is 17.5 Å². The Bertz CT molecular complexity index is 1220. The molecule has 0 aromatic heterocycles. The zero-order valence-corrected chi connectivity index (χ0v) is 17.6. The number of nitrogens with one attached hydrogen (secondary N) is 1. The van der Waals surface area contributed by atoms with Crippen LogP contribution in [0.3, 0.4) is 0 Å². The Balaban J connectivity index is 1.48. The number of carbonyl (C=O) groups excluding carboxylic acids is 1. The summed E-state index contributed by atoms with van der Waals surface area (Å²) in [4.78, 5) is 25.7. The Labute approximate surface area is 186 Å². The molecule has 1 aliphatic carbocycles. The molecule has 1 amide bonds. The maximum Gasteiger partial charge on any atom is 0.269 e. The van der Waals surface area contributed by atoms with Crippen LogP contribution < -0.4 is 10.2 Å². The van der Waals surface area contributed by atoms with E-state index in [1.165, 1.54) is 6.07 Å². The molecule has 2 aliphatic rings. The maximum absolute atomic E-state index is 13.1. The number of carbonyl (C=O) groups is 1. The van der Waals surface area contributed by atoms with Crippen molar-refractivity contribution in [2.24, 2.45) is 5.92 Å². The number of amides is 1. The summed E-state index contributed by atoms with van der Waals surface area (Å²) in [5, 5.41) is 14.8. The molecule has 0 radical (unpaired) electrons. The van der Waals surface area contributed by atoms with Gasteiger partial charge in [-0.2, -0.15) is 0 Å². The highest BCUT2D eigenvalue weighted by Crippen LogP contribution is 2.50. The smallest absolute Gasteiger partial charge is 0.269 e. The Morgan fingerprint density at radius 1 is 1.06 bits per heavy atom. The number of allylic oxidation sites excluding steroid dienone is 2. The molecule has 3 atom stereocenters. The van der Waals surface area contributed by atoms with Crippen LogP contribution in [-0.4, -0.2) is 17.9 Å². The first-order chi connectivity index (χ1) is 15.5. The molecule has 5 rings (SSSR count). The van der Waals surface area contributed by atoms with E-state index in [1.54, 1.807) is 24.1 Å². The van der Waals surface area contributed by atoms with E-state index in [0.717, 1.165) is 28.9 Å². The van der Waals surface area contributed by atoms with Crippen LogP contribution in [0.1, 0.15) is 39.9 Å². The van der Waals surface area contributed by atoms with Gasteiger partial charge in [0.15, 0.2) is 0 Å². The molecular weight excluding hydrogens is 402 g/mol. The Kier molecular flexibility index (Phi) is 4.98. The lowest BCUT2D eigenvalue weighted by molar-refractivity contribution is -0.384. The molecule has 3 unspecified atom stereocenters. The van der Waals surface area contributed by atoms with Gasteiger partial charge in [-0.15, -0.1) is 0 Å². The molecule has 32 heavy (non-hydrogen) atoms. The second kappa shape index (κ2) is 7.96. The van der Waals surface area contributed by atoms with Crippen molar-refractivity contribution >= 4 is 23.0 Å². The van der Waals surface area contributed by atoms with E-state index in [9.17, 15) is 14.9 Å². The van der Waals surface area contributed by atoms with Crippen LogP contribution in [0.15, 0.2) is 84.9 Å². The first-order valence-corrected chi connectivity index (χ1v) is 10.7. The lowest BCUT2D eigenvalue weighted by Gasteiger charge is -2.37. The molecule has 0 spiro atoms. The number of rotatable bonds is 4. The van der Waals surface area contributed by atoms with Gasteiger partial charge in [0.05, 0.1) is 11.0 Å². The maximum atomic E-state index is 13.1. The van der Waals surface area contributed by atoms with Crippen LogP contribution in [0.25, 0.3) is 0 Å². The van der Waals surface area contributed by atoms with Gasteiger partial charge in [0.2, 0.25) is 0 Å². The van der Waals surface area contributed by atoms with Crippen LogP contribution >= 0.6 is 0 Å². The van der Waals surface area contributed by atoms with Crippen molar-refractivity contribution in [1.29, 1.82) is 0 Å². The second-order valence-electron chi connectivity index (χ2n) is 8.33. The molecule has 3 aromatic carbocycles. The minimum atomic E-state index is -0.355. The molecule has 0 fully saturated rings. The average molecular weight is 425 g/mol. The number of non-ortho nitro benzene ring substituents is 1. The van der Waals surface area contributed by atoms with Crippen LogP contribution in [0, 0.1) is 16.0 Å². The molecular formula is C26H23N3O3. The summed E-state index contributed by atoms with van der Waals surface area (Å²) in [5.41, 5.74) is 4.56. The van der Waals surface area contributed by atoms with E-state index in [0.29, 0.717) is 5.56 Å². The summed E-state index contributed by atoms with van der Waals surface area (Å²) in [6.45, 7) is 0. The van der Waals surface area contributed by atoms with E-state index in [4.69, 9.17) is 0 Å². The van der Waals surface area contributed by atoms with Gasteiger partial charge >= 0.3 is 0 Å². The van der Waals surface area contributed by atoms with E-state index >= 15 is 0 Å². The molecule has 6 nitrogen and oxygen atoms in total. The summed E-state index contributed by atoms with van der Waals surface area (Å²) in [5.74, 6) is 0.338. The zero-order chi connectivity index (χ0) is 22.2. The normalized spacial score (nSPS) is 20.7. The summed E-state index contributed by atoms with van der Waals surface area (Å²) < 4.78 is 0. The topological polar surface area (TPSA) is 75.5 Å². The fourth-order valence-electron chi connectivity index (χ4n) is 4.85. The number of anilines is 2. The number of nitro groups is 1. The van der Waals surface area contributed by atoms with Gasteiger partial charge in [-0.3, -0.25) is 14.9 Å². The quantitative estimate of drug-likeness (QED) is 0.331. The number of para-hydroxylation sites is 1. The molecule has 160 valence electrons. The highest BCUT2D eigenvalue weighted by atomic mass is 16.6. The number of fused-ring (bicyclic) bond motifs is 3. The molecule has 3 aromatic rings. The zero-order valence-electron chi connectivity index (χ0n) is 17.6. The highest BCUT2D eigenvalue weighted by molar-refractivity contribution is 6.06. The monoisotopic (exact) mass is 425 g/mol. The number of benzene rings is 3. The Hall–Kier alpha value is -3.93. The molecule has 6 heteroatoms. The predicted octanol–water partition coefficient (Wildman–Crippen LogP) is 5.70. The first-order valence-electron chi connectivity index (χ1n) is 10.7. The van der Waals surface area contributed by atoms with E-state index in [-0.39, 0.29) is 34.4 Å². The molecule has 0 bridgehead atoms. The van der Waals surface area contributed by atoms with Gasteiger partial charge in [-0.1, -0.05) is 42.5 Å². The van der Waals surface area contributed by atoms with Crippen LogP contribution in [0.5, 0.6) is 0 Å². The van der Waals surface area contributed by atoms with Gasteiger partial charge < -0.3 is 10.2 Å². The van der Waals surface area contributed by atoms with Gasteiger partial charge in [-0.05, 0) is 53.8 Å². The first kappa shape index (κ1) is 20.0. The largest absolute Gasteiger partial charge is 0.378 e. The minimum absolute atomic E-state index is 0.0315. The van der Waals surface area contributed by atoms with Crippen molar-refractivity contribution < 1.29 is 9.72 Å². The molecule has 1 aliphatic heterocycles. The minimum Gasteiger partial charge on any atom is -0.378 e. The van der Waals surface area contributed by atoms with Crippen molar-refractivity contribution in [1.82, 2.24) is 0 Å².